The fraction of sp³-hybridized carbons (Fsp3) is 0.120. The highest BCUT2D eigenvalue weighted by Crippen LogP contribution is 2.28. The molecule has 3 aromatic carbocycles. The maximum atomic E-state index is 13.0. The number of aromatic nitrogens is 3. The second kappa shape index (κ2) is 10.8. The highest BCUT2D eigenvalue weighted by Gasteiger charge is 2.25. The molecule has 1 unspecified atom stereocenters. The van der Waals surface area contributed by atoms with Crippen molar-refractivity contribution in [3.63, 3.8) is 0 Å². The second-order valence-electron chi connectivity index (χ2n) is 7.78. The first-order valence-electron chi connectivity index (χ1n) is 10.8. The van der Waals surface area contributed by atoms with Crippen molar-refractivity contribution in [2.45, 2.75) is 28.0 Å². The number of para-hydroxylation sites is 1. The lowest BCUT2D eigenvalue weighted by molar-refractivity contribution is -0.115. The van der Waals surface area contributed by atoms with E-state index in [4.69, 9.17) is 5.11 Å². The average molecular weight is 523 g/mol. The number of hydrogen-bond acceptors (Lipinski definition) is 7. The molecule has 1 amide bonds. The van der Waals surface area contributed by atoms with Gasteiger partial charge >= 0.3 is 5.97 Å². The number of thioether (sulfide) groups is 1. The van der Waals surface area contributed by atoms with Crippen molar-refractivity contribution < 1.29 is 23.1 Å². The van der Waals surface area contributed by atoms with Crippen molar-refractivity contribution in [2.75, 3.05) is 5.32 Å². The van der Waals surface area contributed by atoms with Gasteiger partial charge < -0.3 is 10.4 Å². The van der Waals surface area contributed by atoms with E-state index in [9.17, 15) is 18.0 Å². The van der Waals surface area contributed by atoms with Crippen molar-refractivity contribution in [1.29, 1.82) is 0 Å². The summed E-state index contributed by atoms with van der Waals surface area (Å²) in [6.07, 6.45) is 0. The largest absolute Gasteiger partial charge is 0.478 e. The van der Waals surface area contributed by atoms with E-state index in [-0.39, 0.29) is 27.9 Å². The molecule has 4 aromatic rings. The normalized spacial score (nSPS) is 12.1. The van der Waals surface area contributed by atoms with Crippen molar-refractivity contribution in [3.8, 4) is 5.69 Å². The number of carboxylic acids is 1. The highest BCUT2D eigenvalue weighted by atomic mass is 32.2. The number of carbonyl (C=O) groups excluding carboxylic acids is 1. The summed E-state index contributed by atoms with van der Waals surface area (Å²) in [7, 11) is -3.69. The Morgan fingerprint density at radius 2 is 1.64 bits per heavy atom. The third-order valence-corrected chi connectivity index (χ3v) is 7.84. The zero-order chi connectivity index (χ0) is 25.7. The average Bonchev–Trinajstić information content (AvgIpc) is 3.26. The first kappa shape index (κ1) is 25.1. The molecule has 2 N–H and O–H groups in total. The summed E-state index contributed by atoms with van der Waals surface area (Å²) in [6, 6.07) is 23.1. The van der Waals surface area contributed by atoms with E-state index < -0.39 is 21.1 Å². The zero-order valence-corrected chi connectivity index (χ0v) is 20.7. The van der Waals surface area contributed by atoms with Crippen molar-refractivity contribution in [3.05, 3.63) is 96.3 Å². The predicted octanol–water partition coefficient (Wildman–Crippen LogP) is 4.06. The van der Waals surface area contributed by atoms with Gasteiger partial charge in [-0.05, 0) is 49.4 Å². The molecule has 36 heavy (non-hydrogen) atoms. The smallest absolute Gasteiger partial charge is 0.335 e. The van der Waals surface area contributed by atoms with Crippen LogP contribution in [0, 0.1) is 0 Å². The summed E-state index contributed by atoms with van der Waals surface area (Å²) in [5, 5.41) is 19.9. The second-order valence-corrected chi connectivity index (χ2v) is 11.1. The van der Waals surface area contributed by atoms with Gasteiger partial charge in [0.2, 0.25) is 5.91 Å². The van der Waals surface area contributed by atoms with Gasteiger partial charge in [0.05, 0.1) is 15.7 Å². The molecule has 0 saturated carbocycles. The third kappa shape index (κ3) is 5.81. The highest BCUT2D eigenvalue weighted by molar-refractivity contribution is 8.00. The van der Waals surface area contributed by atoms with Gasteiger partial charge in [-0.1, -0.05) is 54.2 Å². The summed E-state index contributed by atoms with van der Waals surface area (Å²) < 4.78 is 27.6. The summed E-state index contributed by atoms with van der Waals surface area (Å²) in [5.74, 6) is -1.62. The molecule has 11 heteroatoms. The van der Waals surface area contributed by atoms with E-state index >= 15 is 0 Å². The number of anilines is 1. The SMILES string of the molecule is CC(Sc1nnc(CS(=O)(=O)c2ccccc2)n1-c1ccccc1)C(=O)Nc1cccc(C(=O)O)c1. The number of carboxylic acid groups (broad SMARTS) is 1. The number of amides is 1. The van der Waals surface area contributed by atoms with Crippen molar-refractivity contribution in [2.24, 2.45) is 0 Å². The Bertz CT molecular complexity index is 1490. The van der Waals surface area contributed by atoms with Gasteiger partial charge in [0.1, 0.15) is 5.75 Å². The summed E-state index contributed by atoms with van der Waals surface area (Å²) in [5.41, 5.74) is 1.07. The number of sulfone groups is 1. The molecule has 9 nitrogen and oxygen atoms in total. The number of carbonyl (C=O) groups is 2. The molecule has 0 aliphatic carbocycles. The van der Waals surface area contributed by atoms with Gasteiger partial charge in [-0.15, -0.1) is 10.2 Å². The quantitative estimate of drug-likeness (QED) is 0.315. The summed E-state index contributed by atoms with van der Waals surface area (Å²) in [4.78, 5) is 24.2. The van der Waals surface area contributed by atoms with Crippen LogP contribution in [0.2, 0.25) is 0 Å². The van der Waals surface area contributed by atoms with Crippen LogP contribution in [0.5, 0.6) is 0 Å². The molecule has 4 rings (SSSR count). The van der Waals surface area contributed by atoms with E-state index in [1.54, 1.807) is 54.0 Å². The summed E-state index contributed by atoms with van der Waals surface area (Å²) >= 11 is 1.11. The number of nitrogens with zero attached hydrogens (tertiary/aromatic N) is 3. The lowest BCUT2D eigenvalue weighted by atomic mass is 10.2. The summed E-state index contributed by atoms with van der Waals surface area (Å²) in [6.45, 7) is 1.67. The topological polar surface area (TPSA) is 131 Å². The molecule has 0 fully saturated rings. The van der Waals surface area contributed by atoms with Gasteiger partial charge in [-0.2, -0.15) is 0 Å². The van der Waals surface area contributed by atoms with Crippen LogP contribution in [0.3, 0.4) is 0 Å². The number of benzene rings is 3. The lowest BCUT2D eigenvalue weighted by Crippen LogP contribution is -2.23. The number of rotatable bonds is 9. The van der Waals surface area contributed by atoms with Crippen molar-refractivity contribution in [1.82, 2.24) is 14.8 Å². The van der Waals surface area contributed by atoms with Gasteiger partial charge in [-0.25, -0.2) is 13.2 Å². The van der Waals surface area contributed by atoms with Crippen LogP contribution in [0.1, 0.15) is 23.1 Å². The molecule has 1 heterocycles. The lowest BCUT2D eigenvalue weighted by Gasteiger charge is -2.14. The minimum Gasteiger partial charge on any atom is -0.478 e. The zero-order valence-electron chi connectivity index (χ0n) is 19.1. The molecule has 0 bridgehead atoms. The van der Waals surface area contributed by atoms with E-state index in [2.05, 4.69) is 15.5 Å². The number of nitrogens with one attached hydrogen (secondary N) is 1. The first-order valence-corrected chi connectivity index (χ1v) is 13.4. The van der Waals surface area contributed by atoms with E-state index in [0.29, 0.717) is 16.5 Å². The van der Waals surface area contributed by atoms with Gasteiger partial charge in [0, 0.05) is 11.4 Å². The molecule has 0 aliphatic rings. The number of hydrogen-bond donors (Lipinski definition) is 2. The first-order chi connectivity index (χ1) is 17.2. The van der Waals surface area contributed by atoms with Gasteiger partial charge in [-0.3, -0.25) is 9.36 Å². The third-order valence-electron chi connectivity index (χ3n) is 5.16. The minimum absolute atomic E-state index is 0.0567. The van der Waals surface area contributed by atoms with Crippen LogP contribution >= 0.6 is 11.8 Å². The van der Waals surface area contributed by atoms with Crippen LogP contribution in [-0.4, -0.2) is 45.4 Å². The van der Waals surface area contributed by atoms with E-state index in [1.807, 2.05) is 18.2 Å². The maximum absolute atomic E-state index is 13.0. The molecule has 1 atom stereocenters. The van der Waals surface area contributed by atoms with E-state index in [0.717, 1.165) is 11.8 Å². The Balaban J connectivity index is 1.60. The fourth-order valence-corrected chi connectivity index (χ4v) is 5.52. The van der Waals surface area contributed by atoms with E-state index in [1.165, 1.54) is 24.3 Å². The molecule has 184 valence electrons. The van der Waals surface area contributed by atoms with Crippen LogP contribution in [-0.2, 0) is 20.4 Å². The molecule has 0 saturated heterocycles. The molecule has 0 aliphatic heterocycles. The van der Waals surface area contributed by atoms with Crippen LogP contribution in [0.25, 0.3) is 5.69 Å². The Kier molecular flexibility index (Phi) is 7.51. The van der Waals surface area contributed by atoms with Gasteiger partial charge in [0.25, 0.3) is 0 Å². The van der Waals surface area contributed by atoms with Crippen molar-refractivity contribution >= 4 is 39.2 Å². The van der Waals surface area contributed by atoms with Crippen LogP contribution in [0.15, 0.2) is 95.0 Å². The van der Waals surface area contributed by atoms with Gasteiger partial charge in [0.15, 0.2) is 20.8 Å². The molecule has 1 aromatic heterocycles. The minimum atomic E-state index is -3.69. The fourth-order valence-electron chi connectivity index (χ4n) is 3.37. The molecule has 0 spiro atoms. The maximum Gasteiger partial charge on any atom is 0.335 e. The Labute approximate surface area is 212 Å². The van der Waals surface area contributed by atoms with Crippen LogP contribution in [0.4, 0.5) is 5.69 Å². The Morgan fingerprint density at radius 3 is 2.31 bits per heavy atom. The standard InChI is InChI=1S/C25H22N4O5S2/c1-17(23(30)26-19-10-8-9-18(15-19)24(31)32)35-25-28-27-22(29(25)20-11-4-2-5-12-20)16-36(33,34)21-13-6-3-7-14-21/h2-15,17H,16H2,1H3,(H,26,30)(H,31,32). The molecule has 0 radical (unpaired) electrons. The predicted molar refractivity (Wildman–Crippen MR) is 136 cm³/mol. The molecular weight excluding hydrogens is 500 g/mol. The number of aromatic carboxylic acids is 1. The van der Waals surface area contributed by atoms with Crippen LogP contribution < -0.4 is 5.32 Å². The molecular formula is C25H22N4O5S2. The Hall–Kier alpha value is -3.96. The monoisotopic (exact) mass is 522 g/mol. The Morgan fingerprint density at radius 1 is 0.972 bits per heavy atom.